The van der Waals surface area contributed by atoms with E-state index in [4.69, 9.17) is 9.73 Å². The third-order valence-electron chi connectivity index (χ3n) is 5.29. The monoisotopic (exact) mass is 481 g/mol. The summed E-state index contributed by atoms with van der Waals surface area (Å²) in [5.41, 5.74) is 1.15. The Morgan fingerprint density at radius 2 is 1.38 bits per heavy atom. The Hall–Kier alpha value is -2.44. The van der Waals surface area contributed by atoms with E-state index in [1.165, 1.54) is 15.9 Å². The van der Waals surface area contributed by atoms with Crippen molar-refractivity contribution in [2.75, 3.05) is 6.61 Å². The Morgan fingerprint density at radius 1 is 0.844 bits per heavy atom. The zero-order valence-electron chi connectivity index (χ0n) is 18.4. The minimum Gasteiger partial charge on any atom is -0.748 e. The molecule has 5 rings (SSSR count). The maximum absolute atomic E-state index is 5.99. The predicted octanol–water partition coefficient (Wildman–Crippen LogP) is 5.37. The first-order chi connectivity index (χ1) is 15.2. The minimum atomic E-state index is -0.636. The van der Waals surface area contributed by atoms with E-state index in [9.17, 15) is 0 Å². The van der Waals surface area contributed by atoms with Gasteiger partial charge in [-0.2, -0.15) is 6.07 Å². The van der Waals surface area contributed by atoms with Gasteiger partial charge in [0.05, 0.1) is 6.04 Å². The molecule has 0 saturated heterocycles. The molecule has 0 aromatic heterocycles. The summed E-state index contributed by atoms with van der Waals surface area (Å²) in [6, 6.07) is 38.3. The molecule has 170 valence electrons. The molecular weight excluding hydrogens is 453 g/mol. The number of ether oxygens (including phenoxy) is 1. The zero-order chi connectivity index (χ0) is 21.5. The van der Waals surface area contributed by atoms with Gasteiger partial charge < -0.3 is 35.1 Å². The number of rotatable bonds is 5. The average molecular weight is 481 g/mol. The first-order valence-electron chi connectivity index (χ1n) is 10.8. The van der Waals surface area contributed by atoms with Crippen LogP contribution in [-0.2, 0) is 21.8 Å². The molecule has 0 aliphatic carbocycles. The first kappa shape index (κ1) is 24.2. The Morgan fingerprint density at radius 3 is 1.84 bits per heavy atom. The maximum Gasteiger partial charge on any atom is 0.157 e. The van der Waals surface area contributed by atoms with Gasteiger partial charge in [0.2, 0.25) is 0 Å². The fourth-order valence-corrected chi connectivity index (χ4v) is 6.01. The van der Waals surface area contributed by atoms with Crippen molar-refractivity contribution in [1.29, 1.82) is 0 Å². The van der Waals surface area contributed by atoms with Gasteiger partial charge in [-0.05, 0) is 24.4 Å². The Balaban J connectivity index is 0.000000427. The van der Waals surface area contributed by atoms with Gasteiger partial charge in [-0.3, -0.25) is 4.99 Å². The molecule has 0 saturated carbocycles. The van der Waals surface area contributed by atoms with Gasteiger partial charge in [0.1, 0.15) is 6.61 Å². The molecule has 1 heterocycles. The van der Waals surface area contributed by atoms with Crippen LogP contribution < -0.4 is 15.9 Å². The van der Waals surface area contributed by atoms with E-state index >= 15 is 0 Å². The molecule has 4 aromatic carbocycles. The Kier molecular flexibility index (Phi) is 9.06. The second-order valence-electron chi connectivity index (χ2n) is 7.85. The van der Waals surface area contributed by atoms with Crippen LogP contribution in [0.15, 0.2) is 114 Å². The van der Waals surface area contributed by atoms with Crippen molar-refractivity contribution in [2.24, 2.45) is 10.9 Å². The standard InChI is InChI=1S/C23H23NOP.C5H5.Fe/c1-17(2)21-16-25-23(24-21)20-14-9-15-22(20)26(18-10-5-3-6-11-18)19-12-7-4-8-13-19;1-2-4-5-3-1;/h3-15,17,21H,16H2,1-2H3;1-5H;/q-1;-5;. The fourth-order valence-electron chi connectivity index (χ4n) is 3.57. The van der Waals surface area contributed by atoms with Crippen LogP contribution in [0, 0.1) is 5.92 Å². The van der Waals surface area contributed by atoms with E-state index in [2.05, 4.69) is 92.7 Å². The van der Waals surface area contributed by atoms with Gasteiger partial charge in [0, 0.05) is 17.1 Å². The number of benzene rings is 2. The fraction of sp³-hybridized carbons (Fsp3) is 0.179. The number of nitrogens with zero attached hydrogens (tertiary/aromatic N) is 1. The van der Waals surface area contributed by atoms with Crippen molar-refractivity contribution >= 4 is 29.7 Å². The molecule has 0 spiro atoms. The smallest absolute Gasteiger partial charge is 0.157 e. The molecule has 0 bridgehead atoms. The van der Waals surface area contributed by atoms with Crippen LogP contribution in [0.3, 0.4) is 0 Å². The van der Waals surface area contributed by atoms with Gasteiger partial charge in [0.25, 0.3) is 0 Å². The van der Waals surface area contributed by atoms with Gasteiger partial charge in [-0.15, -0.1) is 5.30 Å². The zero-order valence-corrected chi connectivity index (χ0v) is 20.4. The van der Waals surface area contributed by atoms with E-state index in [0.717, 1.165) is 11.5 Å². The SMILES string of the molecule is CC(C)C1COC([c-]2cccc2P(c2ccccc2)c2ccccc2)=N1.[Fe].[cH-]1[cH-][cH-][cH-][cH-]1. The quantitative estimate of drug-likeness (QED) is 0.214. The van der Waals surface area contributed by atoms with Crippen molar-refractivity contribution < 1.29 is 21.8 Å². The summed E-state index contributed by atoms with van der Waals surface area (Å²) in [4.78, 5) is 4.87. The second kappa shape index (κ2) is 12.0. The summed E-state index contributed by atoms with van der Waals surface area (Å²) in [5.74, 6) is 1.30. The van der Waals surface area contributed by atoms with E-state index in [-0.39, 0.29) is 23.1 Å². The summed E-state index contributed by atoms with van der Waals surface area (Å²) >= 11 is 0. The molecule has 1 unspecified atom stereocenters. The normalized spacial score (nSPS) is 14.9. The van der Waals surface area contributed by atoms with Crippen LogP contribution in [0.2, 0.25) is 0 Å². The van der Waals surface area contributed by atoms with Crippen molar-refractivity contribution in [3.8, 4) is 0 Å². The number of aliphatic imine (C=N–C) groups is 1. The minimum absolute atomic E-state index is 0. The van der Waals surface area contributed by atoms with E-state index < -0.39 is 7.92 Å². The third kappa shape index (κ3) is 5.87. The van der Waals surface area contributed by atoms with Crippen molar-refractivity contribution in [2.45, 2.75) is 19.9 Å². The summed E-state index contributed by atoms with van der Waals surface area (Å²) in [7, 11) is -0.636. The largest absolute Gasteiger partial charge is 0.748 e. The molecule has 4 heteroatoms. The van der Waals surface area contributed by atoms with Crippen LogP contribution in [0.25, 0.3) is 0 Å². The summed E-state index contributed by atoms with van der Waals surface area (Å²) in [5, 5.41) is 4.01. The summed E-state index contributed by atoms with van der Waals surface area (Å²) in [6.45, 7) is 5.09. The molecule has 0 amide bonds. The van der Waals surface area contributed by atoms with Gasteiger partial charge in [-0.25, -0.2) is 12.1 Å². The molecule has 4 aromatic rings. The van der Waals surface area contributed by atoms with E-state index in [1.807, 2.05) is 30.3 Å². The molecule has 1 atom stereocenters. The first-order valence-corrected chi connectivity index (χ1v) is 12.1. The second-order valence-corrected chi connectivity index (χ2v) is 10.0. The molecule has 0 N–H and O–H groups in total. The molecular formula is C28H28FeNOP-6. The van der Waals surface area contributed by atoms with Crippen molar-refractivity contribution in [3.63, 3.8) is 0 Å². The third-order valence-corrected chi connectivity index (χ3v) is 7.79. The van der Waals surface area contributed by atoms with Gasteiger partial charge in [-0.1, -0.05) is 80.1 Å². The van der Waals surface area contributed by atoms with Crippen LogP contribution in [0.1, 0.15) is 19.4 Å². The Labute approximate surface area is 203 Å². The number of hydrogen-bond acceptors (Lipinski definition) is 2. The summed E-state index contributed by atoms with van der Waals surface area (Å²) in [6.07, 6.45) is 0. The maximum atomic E-state index is 5.99. The van der Waals surface area contributed by atoms with E-state index in [1.54, 1.807) is 0 Å². The van der Waals surface area contributed by atoms with Gasteiger partial charge in [0.15, 0.2) is 5.90 Å². The van der Waals surface area contributed by atoms with Crippen LogP contribution in [-0.4, -0.2) is 18.5 Å². The number of hydrogen-bond donors (Lipinski definition) is 0. The summed E-state index contributed by atoms with van der Waals surface area (Å²) < 4.78 is 5.99. The molecule has 0 radical (unpaired) electrons. The molecule has 32 heavy (non-hydrogen) atoms. The van der Waals surface area contributed by atoms with E-state index in [0.29, 0.717) is 12.5 Å². The van der Waals surface area contributed by atoms with Gasteiger partial charge >= 0.3 is 0 Å². The van der Waals surface area contributed by atoms with Crippen LogP contribution in [0.4, 0.5) is 0 Å². The molecule has 1 aliphatic heterocycles. The van der Waals surface area contributed by atoms with Crippen molar-refractivity contribution in [3.05, 3.63) is 115 Å². The molecule has 0 fully saturated rings. The molecule has 2 nitrogen and oxygen atoms in total. The van der Waals surface area contributed by atoms with Crippen molar-refractivity contribution in [1.82, 2.24) is 0 Å². The van der Waals surface area contributed by atoms with Crippen LogP contribution in [0.5, 0.6) is 0 Å². The Bertz CT molecular complexity index is 1010. The predicted molar refractivity (Wildman–Crippen MR) is 134 cm³/mol. The molecule has 1 aliphatic rings. The van der Waals surface area contributed by atoms with Crippen LogP contribution >= 0.6 is 7.92 Å². The topological polar surface area (TPSA) is 21.6 Å². The average Bonchev–Trinajstić information content (AvgIpc) is 3.58.